The molecule has 0 radical (unpaired) electrons. The molecule has 0 aliphatic rings. The number of ether oxygens (including phenoxy) is 2. The molecule has 0 aromatic heterocycles. The molecule has 0 amide bonds. The average Bonchev–Trinajstić information content (AvgIpc) is 2.58. The molecule has 0 heterocycles. The summed E-state index contributed by atoms with van der Waals surface area (Å²) in [5, 5.41) is 0. The predicted octanol–water partition coefficient (Wildman–Crippen LogP) is 4.59. The van der Waals surface area contributed by atoms with Crippen LogP contribution in [0.5, 0.6) is 11.5 Å². The van der Waals surface area contributed by atoms with Crippen LogP contribution >= 0.6 is 0 Å². The lowest BCUT2D eigenvalue weighted by molar-refractivity contribution is 0.224. The van der Waals surface area contributed by atoms with Crippen LogP contribution in [0, 0.1) is 11.8 Å². The molecule has 0 unspecified atom stereocenters. The Balaban J connectivity index is 2.50. The maximum absolute atomic E-state index is 13.1. The Labute approximate surface area is 150 Å². The molecular weight excluding hydrogens is 336 g/mol. The molecule has 0 aliphatic heterocycles. The van der Waals surface area contributed by atoms with E-state index in [2.05, 4.69) is 0 Å². The normalized spacial score (nSPS) is 11.8. The summed E-state index contributed by atoms with van der Waals surface area (Å²) in [6.45, 7) is 9.02. The van der Waals surface area contributed by atoms with E-state index in [0.717, 1.165) is 0 Å². The number of sulfone groups is 1. The van der Waals surface area contributed by atoms with E-state index in [0.29, 0.717) is 30.6 Å². The van der Waals surface area contributed by atoms with Crippen molar-refractivity contribution in [2.75, 3.05) is 13.2 Å². The molecule has 0 saturated carbocycles. The Morgan fingerprint density at radius 2 is 1.40 bits per heavy atom. The first-order valence-corrected chi connectivity index (χ1v) is 9.99. The highest BCUT2D eigenvalue weighted by Crippen LogP contribution is 2.37. The van der Waals surface area contributed by atoms with Crippen molar-refractivity contribution in [3.05, 3.63) is 48.5 Å². The first-order valence-electron chi connectivity index (χ1n) is 8.51. The molecule has 0 aliphatic carbocycles. The van der Waals surface area contributed by atoms with Gasteiger partial charge < -0.3 is 9.47 Å². The molecule has 0 bridgehead atoms. The first kappa shape index (κ1) is 19.3. The largest absolute Gasteiger partial charge is 0.489 e. The maximum Gasteiger partial charge on any atom is 0.210 e. The molecule has 0 N–H and O–H groups in total. The quantitative estimate of drug-likeness (QED) is 0.689. The zero-order valence-corrected chi connectivity index (χ0v) is 16.0. The van der Waals surface area contributed by atoms with Crippen molar-refractivity contribution in [1.82, 2.24) is 0 Å². The number of hydrogen-bond acceptors (Lipinski definition) is 4. The van der Waals surface area contributed by atoms with Crippen LogP contribution in [0.1, 0.15) is 27.7 Å². The Bertz CT molecular complexity index is 781. The van der Waals surface area contributed by atoms with Gasteiger partial charge >= 0.3 is 0 Å². The van der Waals surface area contributed by atoms with Crippen molar-refractivity contribution in [3.8, 4) is 11.5 Å². The summed E-state index contributed by atoms with van der Waals surface area (Å²) in [6.07, 6.45) is 0. The molecule has 4 nitrogen and oxygen atoms in total. The van der Waals surface area contributed by atoms with Crippen LogP contribution in [0.25, 0.3) is 0 Å². The van der Waals surface area contributed by atoms with Gasteiger partial charge in [-0.3, -0.25) is 0 Å². The van der Waals surface area contributed by atoms with Gasteiger partial charge in [0, 0.05) is 0 Å². The highest BCUT2D eigenvalue weighted by atomic mass is 32.2. The molecular formula is C20H26O4S. The molecule has 0 spiro atoms. The van der Waals surface area contributed by atoms with Gasteiger partial charge in [-0.2, -0.15) is 0 Å². The van der Waals surface area contributed by atoms with Crippen LogP contribution in [0.2, 0.25) is 0 Å². The van der Waals surface area contributed by atoms with Crippen molar-refractivity contribution < 1.29 is 17.9 Å². The van der Waals surface area contributed by atoms with E-state index < -0.39 is 9.84 Å². The highest BCUT2D eigenvalue weighted by Gasteiger charge is 2.25. The van der Waals surface area contributed by atoms with Crippen LogP contribution in [0.4, 0.5) is 0 Å². The monoisotopic (exact) mass is 362 g/mol. The average molecular weight is 362 g/mol. The van der Waals surface area contributed by atoms with E-state index in [1.54, 1.807) is 48.5 Å². The number of rotatable bonds is 8. The fourth-order valence-corrected chi connectivity index (χ4v) is 3.63. The van der Waals surface area contributed by atoms with Crippen molar-refractivity contribution in [2.24, 2.45) is 11.8 Å². The van der Waals surface area contributed by atoms with Gasteiger partial charge in [-0.25, -0.2) is 8.42 Å². The Morgan fingerprint density at radius 1 is 0.800 bits per heavy atom. The lowest BCUT2D eigenvalue weighted by Gasteiger charge is -2.18. The van der Waals surface area contributed by atoms with E-state index in [1.165, 1.54) is 0 Å². The summed E-state index contributed by atoms with van der Waals surface area (Å²) < 4.78 is 37.8. The van der Waals surface area contributed by atoms with E-state index in [4.69, 9.17) is 9.47 Å². The van der Waals surface area contributed by atoms with E-state index >= 15 is 0 Å². The molecule has 0 atom stereocenters. The molecule has 2 rings (SSSR count). The topological polar surface area (TPSA) is 52.6 Å². The number of para-hydroxylation sites is 1. The van der Waals surface area contributed by atoms with Crippen LogP contribution in [-0.4, -0.2) is 21.6 Å². The van der Waals surface area contributed by atoms with Gasteiger partial charge in [0.1, 0.15) is 4.90 Å². The maximum atomic E-state index is 13.1. The minimum atomic E-state index is -3.68. The van der Waals surface area contributed by atoms with Gasteiger partial charge in [0.05, 0.1) is 18.1 Å². The van der Waals surface area contributed by atoms with Crippen LogP contribution in [-0.2, 0) is 9.84 Å². The van der Waals surface area contributed by atoms with Gasteiger partial charge in [0.2, 0.25) is 9.84 Å². The molecule has 5 heteroatoms. The van der Waals surface area contributed by atoms with Crippen molar-refractivity contribution in [3.63, 3.8) is 0 Å². The van der Waals surface area contributed by atoms with Crippen LogP contribution in [0.15, 0.2) is 58.3 Å². The zero-order valence-electron chi connectivity index (χ0n) is 15.2. The SMILES string of the molecule is CC(C)COc1cccc(S(=O)(=O)c2ccccc2)c1OCC(C)C. The number of hydrogen-bond donors (Lipinski definition) is 0. The molecule has 136 valence electrons. The summed E-state index contributed by atoms with van der Waals surface area (Å²) in [5.41, 5.74) is 0. The smallest absolute Gasteiger partial charge is 0.210 e. The standard InChI is InChI=1S/C20H26O4S/c1-15(2)13-23-18-11-8-12-19(20(18)24-14-16(3)4)25(21,22)17-9-6-5-7-10-17/h5-12,15-16H,13-14H2,1-4H3. The van der Waals surface area contributed by atoms with Crippen LogP contribution in [0.3, 0.4) is 0 Å². The molecule has 25 heavy (non-hydrogen) atoms. The third-order valence-corrected chi connectivity index (χ3v) is 5.21. The number of benzene rings is 2. The fraction of sp³-hybridized carbons (Fsp3) is 0.400. The van der Waals surface area contributed by atoms with Gasteiger partial charge in [-0.15, -0.1) is 0 Å². The summed E-state index contributed by atoms with van der Waals surface area (Å²) in [7, 11) is -3.68. The lowest BCUT2D eigenvalue weighted by atomic mass is 10.2. The van der Waals surface area contributed by atoms with Gasteiger partial charge in [0.15, 0.2) is 11.5 Å². The highest BCUT2D eigenvalue weighted by molar-refractivity contribution is 7.91. The van der Waals surface area contributed by atoms with Gasteiger partial charge in [-0.05, 0) is 36.1 Å². The van der Waals surface area contributed by atoms with Crippen molar-refractivity contribution in [1.29, 1.82) is 0 Å². The van der Waals surface area contributed by atoms with E-state index in [9.17, 15) is 8.42 Å². The summed E-state index contributed by atoms with van der Waals surface area (Å²) in [4.78, 5) is 0.381. The van der Waals surface area contributed by atoms with Crippen molar-refractivity contribution in [2.45, 2.75) is 37.5 Å². The summed E-state index contributed by atoms with van der Waals surface area (Å²) in [5.74, 6) is 1.35. The third-order valence-electron chi connectivity index (χ3n) is 3.42. The zero-order chi connectivity index (χ0) is 18.4. The second-order valence-electron chi connectivity index (χ2n) is 6.81. The first-order chi connectivity index (χ1) is 11.8. The Morgan fingerprint density at radius 3 is 2.00 bits per heavy atom. The third kappa shape index (κ3) is 4.98. The van der Waals surface area contributed by atoms with Gasteiger partial charge in [0.25, 0.3) is 0 Å². The molecule has 2 aromatic rings. The minimum Gasteiger partial charge on any atom is -0.489 e. The fourth-order valence-electron chi connectivity index (χ4n) is 2.20. The van der Waals surface area contributed by atoms with E-state index in [-0.39, 0.29) is 15.7 Å². The lowest BCUT2D eigenvalue weighted by Crippen LogP contribution is -2.12. The second kappa shape index (κ2) is 8.39. The minimum absolute atomic E-state index is 0.139. The Hall–Kier alpha value is -2.01. The van der Waals surface area contributed by atoms with Gasteiger partial charge in [-0.1, -0.05) is 52.0 Å². The second-order valence-corrected chi connectivity index (χ2v) is 8.73. The summed E-state index contributed by atoms with van der Waals surface area (Å²) in [6, 6.07) is 13.4. The van der Waals surface area contributed by atoms with Crippen molar-refractivity contribution >= 4 is 9.84 Å². The molecule has 0 fully saturated rings. The molecule has 0 saturated heterocycles. The summed E-state index contributed by atoms with van der Waals surface area (Å²) >= 11 is 0. The molecule has 2 aromatic carbocycles. The van der Waals surface area contributed by atoms with Crippen LogP contribution < -0.4 is 9.47 Å². The predicted molar refractivity (Wildman–Crippen MR) is 99.0 cm³/mol. The Kier molecular flexibility index (Phi) is 6.48. The van der Waals surface area contributed by atoms with E-state index in [1.807, 2.05) is 27.7 Å².